The molecular formula is C14H14O6. The highest BCUT2D eigenvalue weighted by molar-refractivity contribution is 5.76. The number of ether oxygens (including phenoxy) is 2. The van der Waals surface area contributed by atoms with Crippen molar-refractivity contribution in [2.45, 2.75) is 24.0 Å². The minimum Gasteiger partial charge on any atom is -0.481 e. The molecule has 20 heavy (non-hydrogen) atoms. The molecule has 0 aromatic carbocycles. The summed E-state index contributed by atoms with van der Waals surface area (Å²) in [6, 6.07) is 0. The van der Waals surface area contributed by atoms with Gasteiger partial charge in [-0.1, -0.05) is 24.3 Å². The normalized spacial score (nSPS) is 24.6. The summed E-state index contributed by atoms with van der Waals surface area (Å²) in [5, 5.41) is 18.4. The van der Waals surface area contributed by atoms with Gasteiger partial charge in [0.15, 0.2) is 0 Å². The number of carboxylic acids is 2. The molecule has 2 bridgehead atoms. The first kappa shape index (κ1) is 13.1. The van der Waals surface area contributed by atoms with Gasteiger partial charge < -0.3 is 19.7 Å². The summed E-state index contributed by atoms with van der Waals surface area (Å²) in [5.74, 6) is -2.22. The van der Waals surface area contributed by atoms with Crippen molar-refractivity contribution in [1.29, 1.82) is 0 Å². The topological polar surface area (TPSA) is 93.1 Å². The van der Waals surface area contributed by atoms with Gasteiger partial charge in [0, 0.05) is 0 Å². The zero-order chi connectivity index (χ0) is 14.4. The van der Waals surface area contributed by atoms with Gasteiger partial charge in [-0.2, -0.15) is 0 Å². The van der Waals surface area contributed by atoms with E-state index in [4.69, 9.17) is 9.47 Å². The van der Waals surface area contributed by atoms with Crippen LogP contribution in [0.25, 0.3) is 0 Å². The minimum atomic E-state index is -1.42. The Bertz CT molecular complexity index is 530. The molecule has 0 unspecified atom stereocenters. The molecule has 3 rings (SSSR count). The number of aliphatic carboxylic acids is 2. The second-order valence-electron chi connectivity index (χ2n) is 5.09. The molecule has 1 saturated heterocycles. The van der Waals surface area contributed by atoms with Crippen LogP contribution in [0.1, 0.15) is 12.8 Å². The lowest BCUT2D eigenvalue weighted by atomic mass is 9.72. The lowest BCUT2D eigenvalue weighted by Gasteiger charge is -2.50. The standard InChI is InChI=1S/C14H14O6/c15-11(16)7-13(8-12(17)18)14(20-6-5-19-13)9-1-2-10(14)4-3-9/h1-4H,5-8H2,(H,15,16)(H,17,18). The van der Waals surface area contributed by atoms with E-state index < -0.39 is 36.0 Å². The molecule has 2 aliphatic carbocycles. The van der Waals surface area contributed by atoms with Crippen LogP contribution in [0.4, 0.5) is 0 Å². The van der Waals surface area contributed by atoms with Crippen molar-refractivity contribution >= 4 is 11.9 Å². The van der Waals surface area contributed by atoms with Gasteiger partial charge in [-0.15, -0.1) is 0 Å². The Labute approximate surface area is 115 Å². The zero-order valence-electron chi connectivity index (χ0n) is 10.7. The van der Waals surface area contributed by atoms with Crippen LogP contribution in [-0.4, -0.2) is 46.6 Å². The van der Waals surface area contributed by atoms with Gasteiger partial charge in [0.05, 0.1) is 26.1 Å². The molecule has 0 atom stereocenters. The van der Waals surface area contributed by atoms with E-state index >= 15 is 0 Å². The van der Waals surface area contributed by atoms with Gasteiger partial charge in [-0.25, -0.2) is 0 Å². The summed E-state index contributed by atoms with van der Waals surface area (Å²) in [6.07, 6.45) is 6.45. The fourth-order valence-corrected chi connectivity index (χ4v) is 3.37. The number of hydrogen-bond acceptors (Lipinski definition) is 4. The fraction of sp³-hybridized carbons (Fsp3) is 0.429. The summed E-state index contributed by atoms with van der Waals surface area (Å²) in [4.78, 5) is 22.5. The molecule has 1 aliphatic heterocycles. The predicted molar refractivity (Wildman–Crippen MR) is 67.2 cm³/mol. The summed E-state index contributed by atoms with van der Waals surface area (Å²) in [5.41, 5.74) is -0.993. The molecule has 6 nitrogen and oxygen atoms in total. The molecule has 0 aromatic heterocycles. The average molecular weight is 278 g/mol. The van der Waals surface area contributed by atoms with Crippen molar-refractivity contribution in [2.75, 3.05) is 13.2 Å². The Kier molecular flexibility index (Phi) is 2.81. The number of allylic oxidation sites excluding steroid dienone is 2. The molecule has 0 radical (unpaired) electrons. The first-order valence-electron chi connectivity index (χ1n) is 6.33. The Morgan fingerprint density at radius 2 is 1.50 bits per heavy atom. The van der Waals surface area contributed by atoms with Gasteiger partial charge in [0.25, 0.3) is 0 Å². The van der Waals surface area contributed by atoms with Crippen molar-refractivity contribution in [3.8, 4) is 0 Å². The molecule has 0 saturated carbocycles. The second-order valence-corrected chi connectivity index (χ2v) is 5.09. The fourth-order valence-electron chi connectivity index (χ4n) is 3.37. The highest BCUT2D eigenvalue weighted by Crippen LogP contribution is 2.54. The van der Waals surface area contributed by atoms with Gasteiger partial charge >= 0.3 is 11.9 Å². The quantitative estimate of drug-likeness (QED) is 0.793. The van der Waals surface area contributed by atoms with Crippen LogP contribution in [0.2, 0.25) is 0 Å². The summed E-state index contributed by atoms with van der Waals surface area (Å²) in [7, 11) is 0. The molecule has 6 heteroatoms. The monoisotopic (exact) mass is 278 g/mol. The summed E-state index contributed by atoms with van der Waals surface area (Å²) in [6.45, 7) is 0.486. The zero-order valence-corrected chi connectivity index (χ0v) is 10.7. The molecule has 2 N–H and O–H groups in total. The van der Waals surface area contributed by atoms with Crippen LogP contribution in [0, 0.1) is 0 Å². The van der Waals surface area contributed by atoms with E-state index in [1.165, 1.54) is 0 Å². The van der Waals surface area contributed by atoms with E-state index in [-0.39, 0.29) is 6.61 Å². The second kappa shape index (κ2) is 4.29. The van der Waals surface area contributed by atoms with Crippen LogP contribution in [0.5, 0.6) is 0 Å². The van der Waals surface area contributed by atoms with Gasteiger partial charge in [0.1, 0.15) is 11.2 Å². The van der Waals surface area contributed by atoms with E-state index in [0.717, 1.165) is 11.1 Å². The van der Waals surface area contributed by atoms with Crippen LogP contribution in [0.3, 0.4) is 0 Å². The molecule has 3 aliphatic rings. The minimum absolute atomic E-state index is 0.183. The lowest BCUT2D eigenvalue weighted by Crippen LogP contribution is -2.62. The highest BCUT2D eigenvalue weighted by Gasteiger charge is 2.63. The molecule has 0 aromatic rings. The van der Waals surface area contributed by atoms with Crippen molar-refractivity contribution in [3.63, 3.8) is 0 Å². The predicted octanol–water partition coefficient (Wildman–Crippen LogP) is 0.896. The Hall–Kier alpha value is -1.92. The van der Waals surface area contributed by atoms with E-state index in [9.17, 15) is 19.8 Å². The average Bonchev–Trinajstić information content (AvgIpc) is 2.88. The molecular weight excluding hydrogens is 264 g/mol. The molecule has 1 spiro atoms. The van der Waals surface area contributed by atoms with Crippen LogP contribution in [-0.2, 0) is 19.1 Å². The van der Waals surface area contributed by atoms with Gasteiger partial charge in [-0.05, 0) is 11.1 Å². The molecule has 0 amide bonds. The third kappa shape index (κ3) is 1.58. The first-order chi connectivity index (χ1) is 9.50. The Morgan fingerprint density at radius 1 is 1.00 bits per heavy atom. The number of carbonyl (C=O) groups is 2. The van der Waals surface area contributed by atoms with Gasteiger partial charge in [-0.3, -0.25) is 9.59 Å². The van der Waals surface area contributed by atoms with Crippen molar-refractivity contribution in [3.05, 3.63) is 35.5 Å². The summed E-state index contributed by atoms with van der Waals surface area (Å²) >= 11 is 0. The van der Waals surface area contributed by atoms with Crippen LogP contribution in [0.15, 0.2) is 35.5 Å². The molecule has 1 heterocycles. The SMILES string of the molecule is O=C(O)CC1(CC(=O)O)OCCOC12C1=CC=C2C=C1. The van der Waals surface area contributed by atoms with E-state index in [0.29, 0.717) is 6.61 Å². The number of carboxylic acid groups (broad SMARTS) is 2. The third-order valence-corrected chi connectivity index (χ3v) is 3.99. The maximum Gasteiger partial charge on any atom is 0.306 e. The van der Waals surface area contributed by atoms with E-state index in [1.54, 1.807) is 0 Å². The van der Waals surface area contributed by atoms with Crippen molar-refractivity contribution in [1.82, 2.24) is 0 Å². The van der Waals surface area contributed by atoms with Crippen LogP contribution < -0.4 is 0 Å². The van der Waals surface area contributed by atoms with Crippen LogP contribution >= 0.6 is 0 Å². The molecule has 1 fully saturated rings. The Morgan fingerprint density at radius 3 is 1.95 bits per heavy atom. The number of hydrogen-bond donors (Lipinski definition) is 2. The van der Waals surface area contributed by atoms with Crippen molar-refractivity contribution in [2.24, 2.45) is 0 Å². The Balaban J connectivity index is 2.10. The maximum atomic E-state index is 11.2. The smallest absolute Gasteiger partial charge is 0.306 e. The van der Waals surface area contributed by atoms with Crippen molar-refractivity contribution < 1.29 is 29.3 Å². The summed E-state index contributed by atoms with van der Waals surface area (Å²) < 4.78 is 11.6. The van der Waals surface area contributed by atoms with E-state index in [1.807, 2.05) is 24.3 Å². The number of rotatable bonds is 4. The third-order valence-electron chi connectivity index (χ3n) is 3.99. The van der Waals surface area contributed by atoms with Gasteiger partial charge in [0.2, 0.25) is 0 Å². The molecule has 106 valence electrons. The van der Waals surface area contributed by atoms with E-state index in [2.05, 4.69) is 0 Å². The largest absolute Gasteiger partial charge is 0.481 e. The lowest BCUT2D eigenvalue weighted by molar-refractivity contribution is -0.233. The maximum absolute atomic E-state index is 11.2. The highest BCUT2D eigenvalue weighted by atomic mass is 16.6. The first-order valence-corrected chi connectivity index (χ1v) is 6.33.